The van der Waals surface area contributed by atoms with Gasteiger partial charge >= 0.3 is 0 Å². The highest BCUT2D eigenvalue weighted by Crippen LogP contribution is 2.34. The molecule has 1 aromatic carbocycles. The van der Waals surface area contributed by atoms with E-state index in [-0.39, 0.29) is 5.91 Å². The average Bonchev–Trinajstić information content (AvgIpc) is 3.53. The number of aromatic amines is 2. The standard InChI is InChI=1S/C27H21N7O/c1-2-26(35)31-19-9-18(12-29-13-19)17-3-4-23-21(10-17)27(34-33-23)24-11-20-22(14-30-15-25(20)32-24)16-5-7-28-8-6-16/h3-15,32H,2H2,1H3,(H,31,35)(H,33,34). The lowest BCUT2D eigenvalue weighted by molar-refractivity contribution is -0.115. The van der Waals surface area contributed by atoms with Gasteiger partial charge in [0.05, 0.1) is 34.8 Å². The van der Waals surface area contributed by atoms with E-state index in [1.165, 1.54) is 0 Å². The number of hydrogen-bond donors (Lipinski definition) is 3. The number of aromatic nitrogens is 6. The Morgan fingerprint density at radius 3 is 2.54 bits per heavy atom. The topological polar surface area (TPSA) is 112 Å². The molecule has 0 saturated carbocycles. The zero-order valence-electron chi connectivity index (χ0n) is 18.9. The minimum Gasteiger partial charge on any atom is -0.352 e. The summed E-state index contributed by atoms with van der Waals surface area (Å²) in [5, 5.41) is 12.7. The SMILES string of the molecule is CCC(=O)Nc1cncc(-c2ccc3[nH]nc(-c4cc5c(-c6ccncc6)cncc5[nH]4)c3c2)c1. The van der Waals surface area contributed by atoms with Crippen molar-refractivity contribution in [3.8, 4) is 33.6 Å². The van der Waals surface area contributed by atoms with Gasteiger partial charge in [0.1, 0.15) is 5.69 Å². The fourth-order valence-corrected chi connectivity index (χ4v) is 4.25. The van der Waals surface area contributed by atoms with Gasteiger partial charge in [-0.1, -0.05) is 13.0 Å². The Kier molecular flexibility index (Phi) is 5.03. The largest absolute Gasteiger partial charge is 0.352 e. The van der Waals surface area contributed by atoms with E-state index in [4.69, 9.17) is 0 Å². The lowest BCUT2D eigenvalue weighted by Crippen LogP contribution is -2.09. The highest BCUT2D eigenvalue weighted by molar-refractivity contribution is 6.01. The summed E-state index contributed by atoms with van der Waals surface area (Å²) in [5.41, 5.74) is 8.24. The molecule has 0 saturated heterocycles. The number of fused-ring (bicyclic) bond motifs is 2. The lowest BCUT2D eigenvalue weighted by Gasteiger charge is -2.06. The summed E-state index contributed by atoms with van der Waals surface area (Å²) in [4.78, 5) is 28.1. The Bertz CT molecular complexity index is 1680. The van der Waals surface area contributed by atoms with Gasteiger partial charge < -0.3 is 10.3 Å². The molecule has 6 aromatic rings. The zero-order chi connectivity index (χ0) is 23.8. The molecule has 0 fully saturated rings. The number of nitrogens with zero attached hydrogens (tertiary/aromatic N) is 4. The number of rotatable bonds is 5. The molecule has 35 heavy (non-hydrogen) atoms. The highest BCUT2D eigenvalue weighted by atomic mass is 16.1. The van der Waals surface area contributed by atoms with Crippen molar-refractivity contribution in [1.29, 1.82) is 0 Å². The van der Waals surface area contributed by atoms with Gasteiger partial charge in [0.15, 0.2) is 0 Å². The van der Waals surface area contributed by atoms with E-state index in [1.807, 2.05) is 49.6 Å². The van der Waals surface area contributed by atoms with Gasteiger partial charge in [-0.25, -0.2) is 0 Å². The average molecular weight is 460 g/mol. The summed E-state index contributed by atoms with van der Waals surface area (Å²) < 4.78 is 0. The number of carbonyl (C=O) groups excluding carboxylic acids is 1. The highest BCUT2D eigenvalue weighted by Gasteiger charge is 2.15. The molecule has 0 aliphatic carbocycles. The molecule has 5 heterocycles. The van der Waals surface area contributed by atoms with Crippen LogP contribution in [0.4, 0.5) is 5.69 Å². The maximum atomic E-state index is 11.8. The molecule has 170 valence electrons. The van der Waals surface area contributed by atoms with Crippen LogP contribution in [0.25, 0.3) is 55.4 Å². The van der Waals surface area contributed by atoms with Crippen LogP contribution in [-0.4, -0.2) is 36.0 Å². The fourth-order valence-electron chi connectivity index (χ4n) is 4.25. The van der Waals surface area contributed by atoms with Gasteiger partial charge in [0, 0.05) is 53.1 Å². The van der Waals surface area contributed by atoms with Crippen molar-refractivity contribution in [2.45, 2.75) is 13.3 Å². The first kappa shape index (κ1) is 20.7. The van der Waals surface area contributed by atoms with E-state index < -0.39 is 0 Å². The number of pyridine rings is 3. The van der Waals surface area contributed by atoms with Crippen molar-refractivity contribution in [2.75, 3.05) is 5.32 Å². The predicted molar refractivity (Wildman–Crippen MR) is 137 cm³/mol. The summed E-state index contributed by atoms with van der Waals surface area (Å²) in [6.07, 6.45) is 11.1. The third-order valence-corrected chi connectivity index (χ3v) is 6.03. The van der Waals surface area contributed by atoms with E-state index >= 15 is 0 Å². The summed E-state index contributed by atoms with van der Waals surface area (Å²) in [6.45, 7) is 1.82. The van der Waals surface area contributed by atoms with Crippen molar-refractivity contribution < 1.29 is 4.79 Å². The van der Waals surface area contributed by atoms with Crippen LogP contribution in [0.5, 0.6) is 0 Å². The van der Waals surface area contributed by atoms with Crippen LogP contribution in [0.3, 0.4) is 0 Å². The number of carbonyl (C=O) groups is 1. The number of H-pyrrole nitrogens is 2. The second kappa shape index (κ2) is 8.49. The Labute approximate surface area is 200 Å². The van der Waals surface area contributed by atoms with E-state index in [0.717, 1.165) is 55.4 Å². The van der Waals surface area contributed by atoms with Gasteiger partial charge in [-0.3, -0.25) is 24.8 Å². The van der Waals surface area contributed by atoms with Crippen molar-refractivity contribution >= 4 is 33.4 Å². The fraction of sp³-hybridized carbons (Fsp3) is 0.0741. The number of amides is 1. The third kappa shape index (κ3) is 3.80. The van der Waals surface area contributed by atoms with Crippen LogP contribution in [0.2, 0.25) is 0 Å². The Balaban J connectivity index is 1.43. The first-order chi connectivity index (χ1) is 17.2. The lowest BCUT2D eigenvalue weighted by atomic mass is 10.0. The number of nitrogens with one attached hydrogen (secondary N) is 3. The van der Waals surface area contributed by atoms with Gasteiger partial charge in [0.2, 0.25) is 5.91 Å². The molecule has 6 rings (SSSR count). The van der Waals surface area contributed by atoms with E-state index in [1.54, 1.807) is 24.8 Å². The Hall–Kier alpha value is -4.85. The molecule has 0 aliphatic rings. The summed E-state index contributed by atoms with van der Waals surface area (Å²) >= 11 is 0. The maximum absolute atomic E-state index is 11.8. The molecule has 5 aromatic heterocycles. The van der Waals surface area contributed by atoms with Gasteiger partial charge in [-0.15, -0.1) is 0 Å². The molecule has 0 bridgehead atoms. The van der Waals surface area contributed by atoms with E-state index in [9.17, 15) is 4.79 Å². The molecule has 0 spiro atoms. The minimum absolute atomic E-state index is 0.0454. The predicted octanol–water partition coefficient (Wildman–Crippen LogP) is 5.58. The van der Waals surface area contributed by atoms with Crippen LogP contribution in [0, 0.1) is 0 Å². The van der Waals surface area contributed by atoms with Crippen molar-refractivity contribution in [3.63, 3.8) is 0 Å². The normalized spacial score (nSPS) is 11.2. The third-order valence-electron chi connectivity index (χ3n) is 6.03. The summed E-state index contributed by atoms with van der Waals surface area (Å²) in [6, 6.07) is 14.1. The van der Waals surface area contributed by atoms with Crippen molar-refractivity contribution in [3.05, 3.63) is 79.6 Å². The second-order valence-corrected chi connectivity index (χ2v) is 8.26. The summed E-state index contributed by atoms with van der Waals surface area (Å²) in [7, 11) is 0. The van der Waals surface area contributed by atoms with Crippen LogP contribution < -0.4 is 5.32 Å². The molecule has 0 radical (unpaired) electrons. The molecule has 8 nitrogen and oxygen atoms in total. The molecule has 0 aliphatic heterocycles. The number of hydrogen-bond acceptors (Lipinski definition) is 5. The molecule has 0 unspecified atom stereocenters. The molecule has 0 atom stereocenters. The van der Waals surface area contributed by atoms with E-state index in [0.29, 0.717) is 12.1 Å². The van der Waals surface area contributed by atoms with Crippen LogP contribution >= 0.6 is 0 Å². The molecule has 1 amide bonds. The van der Waals surface area contributed by atoms with Crippen LogP contribution in [0.1, 0.15) is 13.3 Å². The number of benzene rings is 1. The quantitative estimate of drug-likeness (QED) is 0.312. The summed E-state index contributed by atoms with van der Waals surface area (Å²) in [5.74, 6) is -0.0454. The molecule has 8 heteroatoms. The Morgan fingerprint density at radius 2 is 1.69 bits per heavy atom. The van der Waals surface area contributed by atoms with Gasteiger partial charge in [-0.05, 0) is 47.5 Å². The molecule has 3 N–H and O–H groups in total. The Morgan fingerprint density at radius 1 is 0.829 bits per heavy atom. The first-order valence-electron chi connectivity index (χ1n) is 11.3. The number of anilines is 1. The second-order valence-electron chi connectivity index (χ2n) is 8.26. The van der Waals surface area contributed by atoms with Gasteiger partial charge in [0.25, 0.3) is 0 Å². The van der Waals surface area contributed by atoms with Crippen LogP contribution in [0.15, 0.2) is 79.6 Å². The van der Waals surface area contributed by atoms with Crippen molar-refractivity contribution in [1.82, 2.24) is 30.1 Å². The zero-order valence-corrected chi connectivity index (χ0v) is 18.9. The van der Waals surface area contributed by atoms with Crippen LogP contribution in [-0.2, 0) is 4.79 Å². The minimum atomic E-state index is -0.0454. The molecular formula is C27H21N7O. The first-order valence-corrected chi connectivity index (χ1v) is 11.3. The maximum Gasteiger partial charge on any atom is 0.224 e. The van der Waals surface area contributed by atoms with E-state index in [2.05, 4.69) is 47.6 Å². The smallest absolute Gasteiger partial charge is 0.224 e. The van der Waals surface area contributed by atoms with Crippen molar-refractivity contribution in [2.24, 2.45) is 0 Å². The van der Waals surface area contributed by atoms with Gasteiger partial charge in [-0.2, -0.15) is 5.10 Å². The monoisotopic (exact) mass is 459 g/mol. The molecular weight excluding hydrogens is 438 g/mol.